The minimum absolute atomic E-state index is 0.0887. The molecule has 0 unspecified atom stereocenters. The summed E-state index contributed by atoms with van der Waals surface area (Å²) in [6.45, 7) is 0. The zero-order valence-electron chi connectivity index (χ0n) is 17.2. The lowest BCUT2D eigenvalue weighted by Crippen LogP contribution is -2.28. The van der Waals surface area contributed by atoms with Crippen LogP contribution >= 0.6 is 11.8 Å². The van der Waals surface area contributed by atoms with Crippen molar-refractivity contribution < 1.29 is 22.0 Å². The summed E-state index contributed by atoms with van der Waals surface area (Å²) in [7, 11) is -1.23. The molecule has 1 saturated heterocycles. The molecule has 2 aliphatic heterocycles. The summed E-state index contributed by atoms with van der Waals surface area (Å²) >= 11 is 1.24. The first-order valence-corrected chi connectivity index (χ1v) is 12.9. The molecule has 2 atom stereocenters. The van der Waals surface area contributed by atoms with E-state index in [2.05, 4.69) is 15.3 Å². The highest BCUT2D eigenvalue weighted by molar-refractivity contribution is 7.99. The summed E-state index contributed by atoms with van der Waals surface area (Å²) in [5.41, 5.74) is 0.679. The van der Waals surface area contributed by atoms with Crippen LogP contribution < -0.4 is 0 Å². The third kappa shape index (κ3) is 3.99. The van der Waals surface area contributed by atoms with Gasteiger partial charge in [-0.1, -0.05) is 11.8 Å². The van der Waals surface area contributed by atoms with Crippen molar-refractivity contribution in [2.75, 3.05) is 17.3 Å². The molecular weight excluding hydrogens is 454 g/mol. The minimum atomic E-state index is -3.02. The number of sulfone groups is 1. The first-order valence-electron chi connectivity index (χ1n) is 10.1. The molecule has 1 fully saturated rings. The average Bonchev–Trinajstić information content (AvgIpc) is 3.55. The van der Waals surface area contributed by atoms with Crippen LogP contribution in [0, 0.1) is 0 Å². The van der Waals surface area contributed by atoms with Crippen molar-refractivity contribution in [2.24, 2.45) is 12.1 Å². The molecule has 0 saturated carbocycles. The van der Waals surface area contributed by atoms with E-state index in [9.17, 15) is 13.2 Å². The normalized spacial score (nSPS) is 22.4. The van der Waals surface area contributed by atoms with Crippen LogP contribution in [0.4, 0.5) is 0 Å². The van der Waals surface area contributed by atoms with E-state index in [1.807, 2.05) is 12.1 Å². The molecule has 2 aliphatic rings. The molecule has 10 nitrogen and oxygen atoms in total. The Morgan fingerprint density at radius 3 is 2.72 bits per heavy atom. The number of rotatable bonds is 6. The first kappa shape index (κ1) is 21.0. The Bertz CT molecular complexity index is 1250. The Kier molecular flexibility index (Phi) is 5.41. The minimum Gasteiger partial charge on any atom is -0.467 e. The zero-order valence-corrected chi connectivity index (χ0v) is 18.9. The maximum absolute atomic E-state index is 13.1. The van der Waals surface area contributed by atoms with Gasteiger partial charge in [-0.3, -0.25) is 4.79 Å². The van der Waals surface area contributed by atoms with Gasteiger partial charge in [0.2, 0.25) is 0 Å². The molecule has 1 amide bonds. The lowest BCUT2D eigenvalue weighted by molar-refractivity contribution is -0.130. The Labute approximate surface area is 188 Å². The fourth-order valence-corrected chi connectivity index (χ4v) is 6.54. The Morgan fingerprint density at radius 2 is 2.03 bits per heavy atom. The molecule has 12 heteroatoms. The number of nitrogens with zero attached hydrogens (tertiary/aromatic N) is 5. The molecule has 168 valence electrons. The van der Waals surface area contributed by atoms with Gasteiger partial charge in [0.1, 0.15) is 29.1 Å². The van der Waals surface area contributed by atoms with Crippen LogP contribution in [0.3, 0.4) is 0 Å². The van der Waals surface area contributed by atoms with Crippen LogP contribution in [0.5, 0.6) is 0 Å². The van der Waals surface area contributed by atoms with E-state index in [0.29, 0.717) is 41.1 Å². The number of hydrazone groups is 1. The number of thioether (sulfide) groups is 1. The highest BCUT2D eigenvalue weighted by atomic mass is 32.2. The number of furan rings is 2. The molecule has 5 rings (SSSR count). The predicted molar refractivity (Wildman–Crippen MR) is 116 cm³/mol. The number of carbonyl (C=O) groups is 1. The van der Waals surface area contributed by atoms with E-state index in [4.69, 9.17) is 8.83 Å². The topological polar surface area (TPSA) is 124 Å². The van der Waals surface area contributed by atoms with Crippen LogP contribution in [-0.2, 0) is 21.7 Å². The number of carbonyl (C=O) groups excluding carboxylic acids is 1. The Morgan fingerprint density at radius 1 is 1.22 bits per heavy atom. The van der Waals surface area contributed by atoms with Crippen molar-refractivity contribution in [1.82, 2.24) is 19.8 Å². The van der Waals surface area contributed by atoms with Crippen molar-refractivity contribution in [2.45, 2.75) is 30.0 Å². The average molecular weight is 476 g/mol. The molecule has 0 radical (unpaired) electrons. The lowest BCUT2D eigenvalue weighted by atomic mass is 10.1. The number of hydrogen-bond donors (Lipinski definition) is 0. The SMILES string of the molecule is Cn1c(SCC(=O)N2N=C(c3ccco3)C[C@@H]2c2ccco2)nnc1[C@H]1CCS(=O)(=O)C1. The summed E-state index contributed by atoms with van der Waals surface area (Å²) in [5, 5.41) is 14.9. The smallest absolute Gasteiger partial charge is 0.253 e. The van der Waals surface area contributed by atoms with Gasteiger partial charge in [0.15, 0.2) is 15.0 Å². The second kappa shape index (κ2) is 8.24. The summed E-state index contributed by atoms with van der Waals surface area (Å²) in [6.07, 6.45) is 4.17. The van der Waals surface area contributed by atoms with Crippen molar-refractivity contribution in [3.8, 4) is 0 Å². The predicted octanol–water partition coefficient (Wildman–Crippen LogP) is 2.37. The second-order valence-corrected chi connectivity index (χ2v) is 11.0. The van der Waals surface area contributed by atoms with Crippen LogP contribution in [0.2, 0.25) is 0 Å². The van der Waals surface area contributed by atoms with E-state index in [1.165, 1.54) is 16.8 Å². The summed E-state index contributed by atoms with van der Waals surface area (Å²) in [4.78, 5) is 13.1. The maximum atomic E-state index is 13.1. The summed E-state index contributed by atoms with van der Waals surface area (Å²) in [5.74, 6) is 1.90. The third-order valence-electron chi connectivity index (χ3n) is 5.63. The summed E-state index contributed by atoms with van der Waals surface area (Å²) < 4.78 is 36.4. The first-order chi connectivity index (χ1) is 15.4. The largest absolute Gasteiger partial charge is 0.467 e. The molecule has 32 heavy (non-hydrogen) atoms. The fraction of sp³-hybridized carbons (Fsp3) is 0.400. The highest BCUT2D eigenvalue weighted by Crippen LogP contribution is 2.34. The van der Waals surface area contributed by atoms with Gasteiger partial charge in [0, 0.05) is 19.4 Å². The van der Waals surface area contributed by atoms with Gasteiger partial charge in [-0.2, -0.15) is 5.10 Å². The van der Waals surface area contributed by atoms with Crippen molar-refractivity contribution in [1.29, 1.82) is 0 Å². The highest BCUT2D eigenvalue weighted by Gasteiger charge is 2.36. The molecule has 5 heterocycles. The molecule has 0 spiro atoms. The molecule has 0 bridgehead atoms. The van der Waals surface area contributed by atoms with Gasteiger partial charge in [-0.05, 0) is 30.7 Å². The summed E-state index contributed by atoms with van der Waals surface area (Å²) in [6, 6.07) is 6.84. The molecule has 3 aromatic rings. The monoisotopic (exact) mass is 475 g/mol. The van der Waals surface area contributed by atoms with E-state index < -0.39 is 9.84 Å². The zero-order chi connectivity index (χ0) is 22.3. The van der Waals surface area contributed by atoms with Gasteiger partial charge in [-0.25, -0.2) is 13.4 Å². The van der Waals surface area contributed by atoms with Crippen molar-refractivity contribution in [3.05, 3.63) is 54.1 Å². The second-order valence-electron chi connectivity index (χ2n) is 7.79. The van der Waals surface area contributed by atoms with E-state index in [0.717, 1.165) is 0 Å². The van der Waals surface area contributed by atoms with Crippen LogP contribution in [0.15, 0.2) is 55.9 Å². The van der Waals surface area contributed by atoms with Gasteiger partial charge >= 0.3 is 0 Å². The number of amides is 1. The quantitative estimate of drug-likeness (QED) is 0.498. The Hall–Kier alpha value is -2.86. The van der Waals surface area contributed by atoms with Crippen LogP contribution in [-0.4, -0.2) is 57.1 Å². The molecule has 0 aromatic carbocycles. The molecule has 0 N–H and O–H groups in total. The maximum Gasteiger partial charge on any atom is 0.253 e. The van der Waals surface area contributed by atoms with E-state index in [1.54, 1.807) is 36.3 Å². The van der Waals surface area contributed by atoms with Crippen LogP contribution in [0.1, 0.15) is 42.1 Å². The van der Waals surface area contributed by atoms with E-state index in [-0.39, 0.29) is 35.1 Å². The van der Waals surface area contributed by atoms with Crippen molar-refractivity contribution >= 4 is 33.2 Å². The van der Waals surface area contributed by atoms with Gasteiger partial charge < -0.3 is 13.4 Å². The molecular formula is C20H21N5O5S2. The van der Waals surface area contributed by atoms with E-state index >= 15 is 0 Å². The number of hydrogen-bond acceptors (Lipinski definition) is 9. The molecule has 0 aliphatic carbocycles. The van der Waals surface area contributed by atoms with Crippen LogP contribution in [0.25, 0.3) is 0 Å². The molecule has 3 aromatic heterocycles. The van der Waals surface area contributed by atoms with Gasteiger partial charge in [-0.15, -0.1) is 10.2 Å². The standard InChI is InChI=1S/C20H21N5O5S2/c1-24-19(13-6-9-32(27,28)12-13)21-22-20(24)31-11-18(26)25-15(17-5-3-8-30-17)10-14(23-25)16-4-2-7-29-16/h2-5,7-8,13,15H,6,9-12H2,1H3/t13-,15+/m0/s1. The van der Waals surface area contributed by atoms with Crippen molar-refractivity contribution in [3.63, 3.8) is 0 Å². The third-order valence-corrected chi connectivity index (χ3v) is 8.41. The van der Waals surface area contributed by atoms with Gasteiger partial charge in [0.25, 0.3) is 5.91 Å². The number of aromatic nitrogens is 3. The van der Waals surface area contributed by atoms with Gasteiger partial charge in [0.05, 0.1) is 29.8 Å². The Balaban J connectivity index is 1.31. The lowest BCUT2D eigenvalue weighted by Gasteiger charge is -2.19. The fourth-order valence-electron chi connectivity index (χ4n) is 4.03.